The normalized spacial score (nSPS) is 11.6. The fraction of sp³-hybridized carbons (Fsp3) is 0.0286. The molecule has 0 bridgehead atoms. The highest BCUT2D eigenvalue weighted by atomic mass is 32.1. The molecule has 1 aromatic heterocycles. The van der Waals surface area contributed by atoms with Crippen LogP contribution in [-0.2, 0) is 0 Å². The fourth-order valence-corrected chi connectivity index (χ4v) is 6.77. The summed E-state index contributed by atoms with van der Waals surface area (Å²) in [6, 6.07) is 42.2. The van der Waals surface area contributed by atoms with E-state index >= 15 is 0 Å². The van der Waals surface area contributed by atoms with Crippen molar-refractivity contribution in [3.8, 4) is 22.3 Å². The maximum Gasteiger partial charge on any atom is 0.0361 e. The molecule has 0 aliphatic heterocycles. The summed E-state index contributed by atoms with van der Waals surface area (Å²) < 4.78 is 2.67. The summed E-state index contributed by atoms with van der Waals surface area (Å²) in [5.41, 5.74) is 7.42. The molecule has 6 aromatic carbocycles. The third-order valence-electron chi connectivity index (χ3n) is 7.27. The Kier molecular flexibility index (Phi) is 4.80. The molecule has 0 nitrogen and oxygen atoms in total. The number of allylic oxidation sites excluding steroid dienone is 1. The van der Waals surface area contributed by atoms with Gasteiger partial charge >= 0.3 is 0 Å². The molecular formula is C35H24S. The third kappa shape index (κ3) is 3.13. The number of fused-ring (bicyclic) bond motifs is 5. The lowest BCUT2D eigenvalue weighted by Crippen LogP contribution is -1.91. The summed E-state index contributed by atoms with van der Waals surface area (Å²) in [6.07, 6.45) is 0. The van der Waals surface area contributed by atoms with E-state index in [9.17, 15) is 0 Å². The number of hydrogen-bond acceptors (Lipinski definition) is 1. The van der Waals surface area contributed by atoms with Crippen LogP contribution in [0.5, 0.6) is 0 Å². The minimum Gasteiger partial charge on any atom is -0.135 e. The first-order valence-corrected chi connectivity index (χ1v) is 13.1. The van der Waals surface area contributed by atoms with Crippen molar-refractivity contribution in [1.82, 2.24) is 0 Å². The Balaban J connectivity index is 1.64. The molecule has 7 rings (SSSR count). The highest BCUT2D eigenvalue weighted by Gasteiger charge is 2.19. The first-order chi connectivity index (χ1) is 17.7. The zero-order valence-electron chi connectivity index (χ0n) is 20.1. The quantitative estimate of drug-likeness (QED) is 0.222. The Morgan fingerprint density at radius 1 is 0.528 bits per heavy atom. The van der Waals surface area contributed by atoms with E-state index in [0.29, 0.717) is 0 Å². The van der Waals surface area contributed by atoms with E-state index in [-0.39, 0.29) is 0 Å². The topological polar surface area (TPSA) is 0 Å². The van der Waals surface area contributed by atoms with Crippen LogP contribution in [0.15, 0.2) is 122 Å². The van der Waals surface area contributed by atoms with Gasteiger partial charge in [0.15, 0.2) is 0 Å². The van der Waals surface area contributed by atoms with Gasteiger partial charge < -0.3 is 0 Å². The van der Waals surface area contributed by atoms with Crippen LogP contribution in [0.3, 0.4) is 0 Å². The molecule has 0 aliphatic rings. The molecule has 0 aliphatic carbocycles. The lowest BCUT2D eigenvalue weighted by Gasteiger charge is -2.18. The Morgan fingerprint density at radius 2 is 1.06 bits per heavy atom. The molecule has 0 spiro atoms. The van der Waals surface area contributed by atoms with Gasteiger partial charge in [-0.1, -0.05) is 115 Å². The van der Waals surface area contributed by atoms with Gasteiger partial charge in [-0.25, -0.2) is 0 Å². The second-order valence-electron chi connectivity index (χ2n) is 9.48. The van der Waals surface area contributed by atoms with Crippen molar-refractivity contribution in [3.05, 3.63) is 127 Å². The summed E-state index contributed by atoms with van der Waals surface area (Å²) in [4.78, 5) is 0. The summed E-state index contributed by atoms with van der Waals surface area (Å²) >= 11 is 1.88. The molecule has 0 N–H and O–H groups in total. The van der Waals surface area contributed by atoms with Crippen LogP contribution in [-0.4, -0.2) is 0 Å². The fourth-order valence-electron chi connectivity index (χ4n) is 5.63. The molecule has 0 fully saturated rings. The van der Waals surface area contributed by atoms with Crippen LogP contribution >= 0.6 is 11.3 Å². The van der Waals surface area contributed by atoms with E-state index in [1.165, 1.54) is 69.5 Å². The SMILES string of the molecule is C=C(C)c1ccc(-c2c3ccccc3c(-c3cccc4sc5ccccc5c34)c3ccccc23)cc1. The van der Waals surface area contributed by atoms with E-state index < -0.39 is 0 Å². The lowest BCUT2D eigenvalue weighted by atomic mass is 9.85. The molecule has 0 saturated heterocycles. The third-order valence-corrected chi connectivity index (χ3v) is 8.41. The van der Waals surface area contributed by atoms with Gasteiger partial charge in [-0.3, -0.25) is 0 Å². The average Bonchev–Trinajstić information content (AvgIpc) is 3.31. The first-order valence-electron chi connectivity index (χ1n) is 12.3. The van der Waals surface area contributed by atoms with E-state index in [0.717, 1.165) is 5.57 Å². The second-order valence-corrected chi connectivity index (χ2v) is 10.6. The molecule has 1 heterocycles. The van der Waals surface area contributed by atoms with E-state index in [4.69, 9.17) is 0 Å². The van der Waals surface area contributed by atoms with Gasteiger partial charge in [0.2, 0.25) is 0 Å². The van der Waals surface area contributed by atoms with Gasteiger partial charge in [0, 0.05) is 20.2 Å². The molecule has 0 amide bonds. The molecule has 0 radical (unpaired) electrons. The van der Waals surface area contributed by atoms with Gasteiger partial charge in [-0.05, 0) is 68.4 Å². The van der Waals surface area contributed by atoms with Crippen molar-refractivity contribution < 1.29 is 0 Å². The van der Waals surface area contributed by atoms with E-state index in [2.05, 4.69) is 129 Å². The molecule has 0 saturated carbocycles. The van der Waals surface area contributed by atoms with Crippen molar-refractivity contribution in [1.29, 1.82) is 0 Å². The number of hydrogen-bond donors (Lipinski definition) is 0. The smallest absolute Gasteiger partial charge is 0.0361 e. The van der Waals surface area contributed by atoms with Crippen molar-refractivity contribution >= 4 is 58.6 Å². The number of thiophene rings is 1. The standard InChI is InChI=1S/C35H24S/c1-22(2)23-18-20-24(21-19-23)33-25-10-3-5-12-27(25)34(28-13-6-4-11-26(28)33)30-15-9-17-32-35(30)29-14-7-8-16-31(29)36-32/h3-21H,1H2,2H3. The number of benzene rings is 6. The van der Waals surface area contributed by atoms with Gasteiger partial charge in [0.05, 0.1) is 0 Å². The van der Waals surface area contributed by atoms with E-state index in [1.807, 2.05) is 11.3 Å². The average molecular weight is 477 g/mol. The van der Waals surface area contributed by atoms with Crippen LogP contribution in [0.4, 0.5) is 0 Å². The Hall–Kier alpha value is -4.20. The Morgan fingerprint density at radius 3 is 1.67 bits per heavy atom. The summed E-state index contributed by atoms with van der Waals surface area (Å²) in [5, 5.41) is 7.83. The van der Waals surface area contributed by atoms with Gasteiger partial charge in [0.25, 0.3) is 0 Å². The highest BCUT2D eigenvalue weighted by molar-refractivity contribution is 7.25. The van der Waals surface area contributed by atoms with Gasteiger partial charge in [-0.2, -0.15) is 0 Å². The minimum atomic E-state index is 1.09. The second kappa shape index (κ2) is 8.19. The maximum atomic E-state index is 4.12. The lowest BCUT2D eigenvalue weighted by molar-refractivity contribution is 1.58. The molecular weight excluding hydrogens is 452 g/mol. The summed E-state index contributed by atoms with van der Waals surface area (Å²) in [5.74, 6) is 0. The molecule has 7 aromatic rings. The summed E-state index contributed by atoms with van der Waals surface area (Å²) in [7, 11) is 0. The summed E-state index contributed by atoms with van der Waals surface area (Å²) in [6.45, 7) is 6.17. The highest BCUT2D eigenvalue weighted by Crippen LogP contribution is 2.47. The Labute approximate surface area is 214 Å². The Bertz CT molecular complexity index is 1890. The largest absolute Gasteiger partial charge is 0.135 e. The van der Waals surface area contributed by atoms with Crippen LogP contribution < -0.4 is 0 Å². The predicted molar refractivity (Wildman–Crippen MR) is 160 cm³/mol. The molecule has 0 unspecified atom stereocenters. The monoisotopic (exact) mass is 476 g/mol. The van der Waals surface area contributed by atoms with Crippen LogP contribution in [0.25, 0.3) is 69.5 Å². The zero-order valence-corrected chi connectivity index (χ0v) is 20.9. The van der Waals surface area contributed by atoms with Crippen LogP contribution in [0.2, 0.25) is 0 Å². The predicted octanol–water partition coefficient (Wildman–Crippen LogP) is 10.7. The number of rotatable bonds is 3. The van der Waals surface area contributed by atoms with Crippen molar-refractivity contribution in [2.75, 3.05) is 0 Å². The molecule has 1 heteroatoms. The van der Waals surface area contributed by atoms with Crippen LogP contribution in [0.1, 0.15) is 12.5 Å². The van der Waals surface area contributed by atoms with Crippen LogP contribution in [0, 0.1) is 0 Å². The zero-order chi connectivity index (χ0) is 24.2. The maximum absolute atomic E-state index is 4.12. The van der Waals surface area contributed by atoms with Gasteiger partial charge in [0.1, 0.15) is 0 Å². The minimum absolute atomic E-state index is 1.09. The molecule has 170 valence electrons. The van der Waals surface area contributed by atoms with Crippen molar-refractivity contribution in [2.24, 2.45) is 0 Å². The van der Waals surface area contributed by atoms with Crippen molar-refractivity contribution in [3.63, 3.8) is 0 Å². The van der Waals surface area contributed by atoms with Gasteiger partial charge in [-0.15, -0.1) is 11.3 Å². The first kappa shape index (κ1) is 21.1. The van der Waals surface area contributed by atoms with E-state index in [1.54, 1.807) is 0 Å². The van der Waals surface area contributed by atoms with Crippen molar-refractivity contribution in [2.45, 2.75) is 6.92 Å². The molecule has 0 atom stereocenters. The molecule has 36 heavy (non-hydrogen) atoms.